The van der Waals surface area contributed by atoms with E-state index in [-0.39, 0.29) is 39.8 Å². The number of allylic oxidation sites excluding steroid dienone is 1. The third-order valence-corrected chi connectivity index (χ3v) is 10.2. The topological polar surface area (TPSA) is 65.0 Å². The fourth-order valence-corrected chi connectivity index (χ4v) is 8.63. The second kappa shape index (κ2) is 9.66. The van der Waals surface area contributed by atoms with E-state index in [0.717, 1.165) is 51.4 Å². The van der Waals surface area contributed by atoms with E-state index < -0.39 is 6.10 Å². The number of hydrogen-bond donors (Lipinski definition) is 1. The molecule has 4 aliphatic rings. The molecule has 0 aliphatic heterocycles. The van der Waals surface area contributed by atoms with E-state index >= 15 is 0 Å². The molecule has 0 radical (unpaired) electrons. The zero-order valence-electron chi connectivity index (χ0n) is 20.6. The predicted molar refractivity (Wildman–Crippen MR) is 131 cm³/mol. The first-order valence-electron chi connectivity index (χ1n) is 12.9. The number of fused-ring (bicyclic) bond motifs is 5. The minimum atomic E-state index is -0.474. The summed E-state index contributed by atoms with van der Waals surface area (Å²) in [7, 11) is 0. The monoisotopic (exact) mass is 524 g/mol. The van der Waals surface area contributed by atoms with Crippen LogP contribution in [-0.2, 0) is 19.3 Å². The molecule has 6 heteroatoms. The molecular formula is C27H41BrO5. The molecule has 3 unspecified atom stereocenters. The molecule has 3 fully saturated rings. The summed E-state index contributed by atoms with van der Waals surface area (Å²) in [5.74, 6) is 1.51. The Hall–Kier alpha value is -0.850. The van der Waals surface area contributed by atoms with Crippen LogP contribution in [0.5, 0.6) is 0 Å². The van der Waals surface area contributed by atoms with Crippen LogP contribution in [0.2, 0.25) is 0 Å². The highest BCUT2D eigenvalue weighted by atomic mass is 79.9. The van der Waals surface area contributed by atoms with E-state index in [4.69, 9.17) is 14.5 Å². The first kappa shape index (κ1) is 25.2. The van der Waals surface area contributed by atoms with Gasteiger partial charge in [-0.05, 0) is 68.1 Å². The van der Waals surface area contributed by atoms with Crippen molar-refractivity contribution in [3.63, 3.8) is 0 Å². The summed E-state index contributed by atoms with van der Waals surface area (Å²) in [5, 5.41) is 11.4. The Balaban J connectivity index is 1.52. The second-order valence-electron chi connectivity index (χ2n) is 11.3. The first-order chi connectivity index (χ1) is 15.6. The molecule has 0 spiro atoms. The van der Waals surface area contributed by atoms with Crippen LogP contribution in [0.4, 0.5) is 0 Å². The Labute approximate surface area is 207 Å². The average Bonchev–Trinajstić information content (AvgIpc) is 3.03. The van der Waals surface area contributed by atoms with Crippen molar-refractivity contribution < 1.29 is 24.4 Å². The Morgan fingerprint density at radius 2 is 2.00 bits per heavy atom. The molecule has 0 amide bonds. The summed E-state index contributed by atoms with van der Waals surface area (Å²) < 4.78 is 5.95. The molecule has 0 aromatic carbocycles. The summed E-state index contributed by atoms with van der Waals surface area (Å²) >= 11 is 3.84. The standard InChI is InChI=1S/C27H41BrO5/c1-6-8-16(3)32-33-18-9-11-26(4)17(13-18)14-22(29)24-19(26)10-12-27(5)20(24)15-21(28)25(27)31-23(30)7-2/h14,18-22,24-25,29H,3,6-13,15H2,1-2,4-5H3/t18-,19?,20?,21+,22-,24?,25-,26-,27-/m0/s1. The zero-order valence-corrected chi connectivity index (χ0v) is 22.2. The minimum Gasteiger partial charge on any atom is -0.461 e. The molecule has 0 aromatic heterocycles. The average molecular weight is 526 g/mol. The molecule has 9 atom stereocenters. The highest BCUT2D eigenvalue weighted by Gasteiger charge is 2.63. The Morgan fingerprint density at radius 3 is 2.70 bits per heavy atom. The lowest BCUT2D eigenvalue weighted by atomic mass is 9.47. The van der Waals surface area contributed by atoms with Crippen LogP contribution < -0.4 is 0 Å². The lowest BCUT2D eigenvalue weighted by Crippen LogP contribution is -2.55. The normalized spacial score (nSPS) is 44.2. The van der Waals surface area contributed by atoms with Crippen LogP contribution in [0.25, 0.3) is 0 Å². The van der Waals surface area contributed by atoms with Gasteiger partial charge < -0.3 is 14.7 Å². The molecule has 0 bridgehead atoms. The van der Waals surface area contributed by atoms with E-state index in [1.165, 1.54) is 5.57 Å². The van der Waals surface area contributed by atoms with E-state index in [1.54, 1.807) is 0 Å². The van der Waals surface area contributed by atoms with Crippen molar-refractivity contribution in [2.24, 2.45) is 28.6 Å². The van der Waals surface area contributed by atoms with Crippen LogP contribution in [0.15, 0.2) is 24.0 Å². The second-order valence-corrected chi connectivity index (χ2v) is 12.5. The van der Waals surface area contributed by atoms with Crippen molar-refractivity contribution in [2.75, 3.05) is 0 Å². The van der Waals surface area contributed by atoms with E-state index in [0.29, 0.717) is 24.0 Å². The number of carbonyl (C=O) groups is 1. The highest BCUT2D eigenvalue weighted by Crippen LogP contribution is 2.66. The van der Waals surface area contributed by atoms with Gasteiger partial charge in [0.05, 0.1) is 10.9 Å². The van der Waals surface area contributed by atoms with Crippen molar-refractivity contribution in [1.29, 1.82) is 0 Å². The van der Waals surface area contributed by atoms with Crippen molar-refractivity contribution in [3.05, 3.63) is 24.0 Å². The van der Waals surface area contributed by atoms with Gasteiger partial charge >= 0.3 is 5.97 Å². The lowest BCUT2D eigenvalue weighted by molar-refractivity contribution is -0.301. The van der Waals surface area contributed by atoms with Gasteiger partial charge in [0.15, 0.2) is 0 Å². The van der Waals surface area contributed by atoms with Crippen LogP contribution >= 0.6 is 15.9 Å². The molecule has 33 heavy (non-hydrogen) atoms. The van der Waals surface area contributed by atoms with Gasteiger partial charge in [0, 0.05) is 18.3 Å². The molecule has 1 N–H and O–H groups in total. The molecule has 0 heterocycles. The maximum absolute atomic E-state index is 12.1. The maximum atomic E-state index is 12.1. The number of rotatable bonds is 7. The summed E-state index contributed by atoms with van der Waals surface area (Å²) in [4.78, 5) is 23.5. The number of aliphatic hydroxyl groups is 1. The third kappa shape index (κ3) is 4.45. The largest absolute Gasteiger partial charge is 0.461 e. The maximum Gasteiger partial charge on any atom is 0.305 e. The summed E-state index contributed by atoms with van der Waals surface area (Å²) in [5.41, 5.74) is 1.30. The van der Waals surface area contributed by atoms with Gasteiger partial charge in [-0.15, -0.1) is 0 Å². The molecule has 4 aliphatic carbocycles. The highest BCUT2D eigenvalue weighted by molar-refractivity contribution is 9.09. The SMILES string of the molecule is C=C(CCC)OO[C@H]1CC[C@@]2(C)C(=C[C@H](O)C3C2CC[C@@]2(C)C3C[C@@H](Br)[C@@H]2OC(=O)CC)C1. The number of halogens is 1. The number of hydrogen-bond acceptors (Lipinski definition) is 5. The molecule has 3 saturated carbocycles. The van der Waals surface area contributed by atoms with Crippen LogP contribution in [0.1, 0.15) is 85.5 Å². The number of carbonyl (C=O) groups excluding carboxylic acids is 1. The van der Waals surface area contributed by atoms with Crippen molar-refractivity contribution in [2.45, 2.75) is 109 Å². The number of esters is 1. The summed E-state index contributed by atoms with van der Waals surface area (Å²) in [6, 6.07) is 0. The predicted octanol–water partition coefficient (Wildman–Crippen LogP) is 6.25. The molecular weight excluding hydrogens is 484 g/mol. The fourth-order valence-electron chi connectivity index (χ4n) is 7.52. The zero-order chi connectivity index (χ0) is 24.0. The smallest absolute Gasteiger partial charge is 0.305 e. The van der Waals surface area contributed by atoms with Crippen molar-refractivity contribution in [3.8, 4) is 0 Å². The van der Waals surface area contributed by atoms with Crippen LogP contribution in [-0.4, -0.2) is 34.2 Å². The summed E-state index contributed by atoms with van der Waals surface area (Å²) in [6.07, 6.45) is 9.52. The number of ether oxygens (including phenoxy) is 1. The Kier molecular flexibility index (Phi) is 7.39. The van der Waals surface area contributed by atoms with Gasteiger partial charge in [0.25, 0.3) is 0 Å². The Bertz CT molecular complexity index is 795. The van der Waals surface area contributed by atoms with E-state index in [2.05, 4.69) is 49.4 Å². The number of alkyl halides is 1. The number of aliphatic hydroxyl groups excluding tert-OH is 1. The minimum absolute atomic E-state index is 0.00627. The van der Waals surface area contributed by atoms with Crippen LogP contribution in [0, 0.1) is 28.6 Å². The van der Waals surface area contributed by atoms with Gasteiger partial charge in [-0.3, -0.25) is 4.79 Å². The van der Waals surface area contributed by atoms with Gasteiger partial charge in [-0.1, -0.05) is 61.9 Å². The molecule has 5 nitrogen and oxygen atoms in total. The Morgan fingerprint density at radius 1 is 1.24 bits per heavy atom. The third-order valence-electron chi connectivity index (χ3n) is 9.36. The van der Waals surface area contributed by atoms with Gasteiger partial charge in [-0.25, -0.2) is 0 Å². The van der Waals surface area contributed by atoms with Gasteiger partial charge in [0.2, 0.25) is 0 Å². The quantitative estimate of drug-likeness (QED) is 0.106. The molecule has 0 saturated heterocycles. The lowest BCUT2D eigenvalue weighted by Gasteiger charge is -2.58. The van der Waals surface area contributed by atoms with E-state index in [9.17, 15) is 9.90 Å². The van der Waals surface area contributed by atoms with Gasteiger partial charge in [-0.2, -0.15) is 4.89 Å². The summed E-state index contributed by atoms with van der Waals surface area (Å²) in [6.45, 7) is 12.5. The molecule has 186 valence electrons. The van der Waals surface area contributed by atoms with Crippen molar-refractivity contribution >= 4 is 21.9 Å². The molecule has 0 aromatic rings. The fraction of sp³-hybridized carbons (Fsp3) is 0.815. The van der Waals surface area contributed by atoms with Crippen LogP contribution in [0.3, 0.4) is 0 Å². The van der Waals surface area contributed by atoms with Crippen molar-refractivity contribution in [1.82, 2.24) is 0 Å². The van der Waals surface area contributed by atoms with E-state index in [1.807, 2.05) is 6.92 Å². The van der Waals surface area contributed by atoms with Gasteiger partial charge in [0.1, 0.15) is 18.0 Å². The molecule has 4 rings (SSSR count). The first-order valence-corrected chi connectivity index (χ1v) is 13.8.